The van der Waals surface area contributed by atoms with Gasteiger partial charge in [-0.3, -0.25) is 4.68 Å². The molecule has 1 aromatic rings. The van der Waals surface area contributed by atoms with Gasteiger partial charge in [0.25, 0.3) is 0 Å². The van der Waals surface area contributed by atoms with E-state index in [1.54, 1.807) is 0 Å². The third-order valence-corrected chi connectivity index (χ3v) is 2.35. The van der Waals surface area contributed by atoms with Crippen molar-refractivity contribution in [2.24, 2.45) is 5.73 Å². The van der Waals surface area contributed by atoms with Crippen LogP contribution in [0.4, 0.5) is 0 Å². The van der Waals surface area contributed by atoms with Crippen molar-refractivity contribution in [2.75, 3.05) is 6.54 Å². The lowest BCUT2D eigenvalue weighted by Crippen LogP contribution is -1.99. The van der Waals surface area contributed by atoms with E-state index in [4.69, 9.17) is 5.73 Å². The molecule has 0 bridgehead atoms. The molecule has 72 valence electrons. The molecule has 0 fully saturated rings. The molecular weight excluding hydrogens is 230 g/mol. The van der Waals surface area contributed by atoms with Crippen LogP contribution in [0.2, 0.25) is 0 Å². The number of aromatic nitrogens is 2. The first-order chi connectivity index (χ1) is 6.29. The van der Waals surface area contributed by atoms with Crippen LogP contribution < -0.4 is 5.73 Å². The normalized spacial score (nSPS) is 11.3. The van der Waals surface area contributed by atoms with Gasteiger partial charge in [0, 0.05) is 6.54 Å². The summed E-state index contributed by atoms with van der Waals surface area (Å²) in [6, 6.07) is 0. The zero-order valence-corrected chi connectivity index (χ0v) is 9.29. The molecule has 0 aromatic carbocycles. The Labute approximate surface area is 86.7 Å². The van der Waals surface area contributed by atoms with Gasteiger partial charge in [-0.1, -0.05) is 6.08 Å². The SMILES string of the molecule is CCn1ncc(Br)c1/C=C/CCN. The van der Waals surface area contributed by atoms with Gasteiger partial charge in [-0.2, -0.15) is 5.10 Å². The molecule has 1 rings (SSSR count). The number of nitrogens with zero attached hydrogens (tertiary/aromatic N) is 2. The van der Waals surface area contributed by atoms with Crippen molar-refractivity contribution in [1.82, 2.24) is 9.78 Å². The highest BCUT2D eigenvalue weighted by Crippen LogP contribution is 2.17. The van der Waals surface area contributed by atoms with Crippen LogP contribution in [-0.2, 0) is 6.54 Å². The van der Waals surface area contributed by atoms with E-state index in [9.17, 15) is 0 Å². The maximum absolute atomic E-state index is 5.39. The predicted octanol–water partition coefficient (Wildman–Crippen LogP) is 2.03. The number of hydrogen-bond donors (Lipinski definition) is 1. The first-order valence-corrected chi connectivity index (χ1v) is 5.16. The molecule has 0 aliphatic carbocycles. The maximum Gasteiger partial charge on any atom is 0.0748 e. The average Bonchev–Trinajstić information content (AvgIpc) is 2.48. The van der Waals surface area contributed by atoms with Crippen LogP contribution in [0.25, 0.3) is 6.08 Å². The van der Waals surface area contributed by atoms with Gasteiger partial charge in [-0.05, 0) is 41.9 Å². The molecule has 0 atom stereocenters. The summed E-state index contributed by atoms with van der Waals surface area (Å²) < 4.78 is 2.97. The lowest BCUT2D eigenvalue weighted by molar-refractivity contribution is 0.653. The minimum absolute atomic E-state index is 0.689. The third-order valence-electron chi connectivity index (χ3n) is 1.74. The van der Waals surface area contributed by atoms with Gasteiger partial charge in [0.2, 0.25) is 0 Å². The van der Waals surface area contributed by atoms with Crippen LogP contribution in [-0.4, -0.2) is 16.3 Å². The smallest absolute Gasteiger partial charge is 0.0748 e. The van der Waals surface area contributed by atoms with Crippen LogP contribution in [0.1, 0.15) is 19.0 Å². The predicted molar refractivity (Wildman–Crippen MR) is 58.3 cm³/mol. The van der Waals surface area contributed by atoms with Crippen LogP contribution in [0.3, 0.4) is 0 Å². The standard InChI is InChI=1S/C9H14BrN3/c1-2-13-9(5-3-4-6-11)8(10)7-12-13/h3,5,7H,2,4,6,11H2,1H3/b5-3+. The largest absolute Gasteiger partial charge is 0.330 e. The highest BCUT2D eigenvalue weighted by Gasteiger charge is 2.02. The van der Waals surface area contributed by atoms with Gasteiger partial charge < -0.3 is 5.73 Å². The molecule has 2 N–H and O–H groups in total. The topological polar surface area (TPSA) is 43.8 Å². The van der Waals surface area contributed by atoms with Gasteiger partial charge in [-0.15, -0.1) is 0 Å². The van der Waals surface area contributed by atoms with Crippen LogP contribution >= 0.6 is 15.9 Å². The second-order valence-electron chi connectivity index (χ2n) is 2.67. The highest BCUT2D eigenvalue weighted by molar-refractivity contribution is 9.10. The minimum atomic E-state index is 0.689. The zero-order valence-electron chi connectivity index (χ0n) is 7.70. The van der Waals surface area contributed by atoms with E-state index in [1.165, 1.54) is 0 Å². The van der Waals surface area contributed by atoms with E-state index >= 15 is 0 Å². The summed E-state index contributed by atoms with van der Waals surface area (Å²) in [6.07, 6.45) is 6.83. The van der Waals surface area contributed by atoms with Crippen LogP contribution in [0.15, 0.2) is 16.7 Å². The lowest BCUT2D eigenvalue weighted by atomic mass is 10.3. The Morgan fingerprint density at radius 2 is 2.46 bits per heavy atom. The van der Waals surface area contributed by atoms with E-state index in [0.717, 1.165) is 23.1 Å². The summed E-state index contributed by atoms with van der Waals surface area (Å²) in [6.45, 7) is 3.64. The second-order valence-corrected chi connectivity index (χ2v) is 3.53. The van der Waals surface area contributed by atoms with E-state index in [2.05, 4.69) is 34.0 Å². The molecule has 1 aromatic heterocycles. The molecule has 0 aliphatic heterocycles. The highest BCUT2D eigenvalue weighted by atomic mass is 79.9. The van der Waals surface area contributed by atoms with E-state index in [1.807, 2.05) is 17.0 Å². The molecule has 1 heterocycles. The summed E-state index contributed by atoms with van der Waals surface area (Å²) in [7, 11) is 0. The van der Waals surface area contributed by atoms with Gasteiger partial charge in [0.15, 0.2) is 0 Å². The first-order valence-electron chi connectivity index (χ1n) is 4.37. The Balaban J connectivity index is 2.79. The molecule has 0 amide bonds. The fraction of sp³-hybridized carbons (Fsp3) is 0.444. The molecule has 0 unspecified atom stereocenters. The van der Waals surface area contributed by atoms with Crippen molar-refractivity contribution in [3.8, 4) is 0 Å². The molecule has 0 spiro atoms. The second kappa shape index (κ2) is 5.19. The van der Waals surface area contributed by atoms with Crippen molar-refractivity contribution in [2.45, 2.75) is 19.9 Å². The Hall–Kier alpha value is -0.610. The van der Waals surface area contributed by atoms with Crippen molar-refractivity contribution in [1.29, 1.82) is 0 Å². The number of rotatable bonds is 4. The lowest BCUT2D eigenvalue weighted by Gasteiger charge is -1.99. The number of nitrogens with two attached hydrogens (primary N) is 1. The summed E-state index contributed by atoms with van der Waals surface area (Å²) in [5.41, 5.74) is 6.50. The van der Waals surface area contributed by atoms with E-state index in [0.29, 0.717) is 6.54 Å². The quantitative estimate of drug-likeness (QED) is 0.880. The fourth-order valence-electron chi connectivity index (χ4n) is 1.08. The Kier molecular flexibility index (Phi) is 4.18. The zero-order chi connectivity index (χ0) is 9.68. The number of halogens is 1. The molecule has 0 saturated carbocycles. The van der Waals surface area contributed by atoms with E-state index < -0.39 is 0 Å². The van der Waals surface area contributed by atoms with E-state index in [-0.39, 0.29) is 0 Å². The Bertz CT molecular complexity index is 291. The van der Waals surface area contributed by atoms with Gasteiger partial charge in [0.1, 0.15) is 0 Å². The van der Waals surface area contributed by atoms with Crippen molar-refractivity contribution in [3.05, 3.63) is 22.4 Å². The molecule has 0 aliphatic rings. The molecule has 4 heteroatoms. The van der Waals surface area contributed by atoms with Crippen LogP contribution in [0, 0.1) is 0 Å². The fourth-order valence-corrected chi connectivity index (χ4v) is 1.51. The summed E-state index contributed by atoms with van der Waals surface area (Å²) in [5.74, 6) is 0. The van der Waals surface area contributed by atoms with Crippen molar-refractivity contribution >= 4 is 22.0 Å². The minimum Gasteiger partial charge on any atom is -0.330 e. The number of hydrogen-bond acceptors (Lipinski definition) is 2. The molecule has 13 heavy (non-hydrogen) atoms. The summed E-state index contributed by atoms with van der Waals surface area (Å²) >= 11 is 3.44. The monoisotopic (exact) mass is 243 g/mol. The van der Waals surface area contributed by atoms with Crippen LogP contribution in [0.5, 0.6) is 0 Å². The maximum atomic E-state index is 5.39. The molecule has 3 nitrogen and oxygen atoms in total. The third kappa shape index (κ3) is 2.67. The first kappa shape index (κ1) is 10.5. The summed E-state index contributed by atoms with van der Waals surface area (Å²) in [5, 5.41) is 4.20. The molecular formula is C9H14BrN3. The Morgan fingerprint density at radius 1 is 1.69 bits per heavy atom. The van der Waals surface area contributed by atoms with Gasteiger partial charge >= 0.3 is 0 Å². The van der Waals surface area contributed by atoms with Crippen molar-refractivity contribution < 1.29 is 0 Å². The van der Waals surface area contributed by atoms with Gasteiger partial charge in [-0.25, -0.2) is 0 Å². The molecule has 0 radical (unpaired) electrons. The Morgan fingerprint density at radius 3 is 3.08 bits per heavy atom. The van der Waals surface area contributed by atoms with Gasteiger partial charge in [0.05, 0.1) is 16.4 Å². The average molecular weight is 244 g/mol. The molecule has 0 saturated heterocycles. The van der Waals surface area contributed by atoms with Crippen molar-refractivity contribution in [3.63, 3.8) is 0 Å². The summed E-state index contributed by atoms with van der Waals surface area (Å²) in [4.78, 5) is 0. The number of aryl methyl sites for hydroxylation is 1.